The quantitative estimate of drug-likeness (QED) is 0.586. The molecule has 3 aromatic rings. The molecule has 3 N–H and O–H groups in total. The van der Waals surface area contributed by atoms with Gasteiger partial charge in [-0.2, -0.15) is 0 Å². The first-order valence-corrected chi connectivity index (χ1v) is 10.3. The minimum Gasteiger partial charge on any atom is -0.366 e. The average molecular weight is 408 g/mol. The van der Waals surface area contributed by atoms with Gasteiger partial charge in [0.2, 0.25) is 5.91 Å². The van der Waals surface area contributed by atoms with Crippen molar-refractivity contribution in [2.75, 3.05) is 5.32 Å². The number of amides is 2. The number of carbonyl (C=O) groups excluding carboxylic acids is 2. The van der Waals surface area contributed by atoms with Gasteiger partial charge in [-0.1, -0.05) is 17.8 Å². The number of nitrogens with two attached hydrogens (primary N) is 1. The van der Waals surface area contributed by atoms with Crippen molar-refractivity contribution in [3.63, 3.8) is 0 Å². The molecule has 0 bridgehead atoms. The van der Waals surface area contributed by atoms with Crippen LogP contribution in [-0.4, -0.2) is 31.8 Å². The lowest BCUT2D eigenvalue weighted by atomic mass is 10.3. The molecule has 0 saturated heterocycles. The number of hydrogen-bond donors (Lipinski definition) is 2. The number of nitrogens with zero attached hydrogens (tertiary/aromatic N) is 3. The maximum absolute atomic E-state index is 12.4. The Morgan fingerprint density at radius 1 is 1.31 bits per heavy atom. The Morgan fingerprint density at radius 2 is 2.12 bits per heavy atom. The molecule has 0 fully saturated rings. The molecule has 0 aliphatic rings. The summed E-state index contributed by atoms with van der Waals surface area (Å²) in [4.78, 5) is 25.0. The van der Waals surface area contributed by atoms with E-state index in [2.05, 4.69) is 21.6 Å². The Hall–Kier alpha value is -2.17. The number of primary amides is 1. The number of hydrogen-bond acceptors (Lipinski definition) is 7. The van der Waals surface area contributed by atoms with E-state index in [0.717, 1.165) is 5.82 Å². The summed E-state index contributed by atoms with van der Waals surface area (Å²) >= 11 is 4.25. The number of rotatable bonds is 7. The van der Waals surface area contributed by atoms with Crippen molar-refractivity contribution in [3.05, 3.63) is 45.2 Å². The van der Waals surface area contributed by atoms with Crippen molar-refractivity contribution < 1.29 is 9.59 Å². The van der Waals surface area contributed by atoms with Crippen LogP contribution >= 0.6 is 34.4 Å². The highest BCUT2D eigenvalue weighted by Crippen LogP contribution is 2.27. The zero-order chi connectivity index (χ0) is 18.7. The largest absolute Gasteiger partial charge is 0.366 e. The number of nitrogens with one attached hydrogen (secondary N) is 1. The van der Waals surface area contributed by atoms with Crippen LogP contribution in [0.5, 0.6) is 0 Å². The van der Waals surface area contributed by atoms with Crippen molar-refractivity contribution in [3.8, 4) is 0 Å². The smallest absolute Gasteiger partial charge is 0.251 e. The molecular weight excluding hydrogens is 390 g/mol. The zero-order valence-electron chi connectivity index (χ0n) is 14.1. The first-order valence-electron chi connectivity index (χ1n) is 7.71. The molecule has 7 nitrogen and oxygen atoms in total. The van der Waals surface area contributed by atoms with Crippen molar-refractivity contribution in [2.24, 2.45) is 12.8 Å². The Kier molecular flexibility index (Phi) is 5.74. The Bertz CT molecular complexity index is 916. The van der Waals surface area contributed by atoms with Gasteiger partial charge in [-0.25, -0.2) is 0 Å². The van der Waals surface area contributed by atoms with Gasteiger partial charge in [-0.15, -0.1) is 32.9 Å². The van der Waals surface area contributed by atoms with Crippen LogP contribution in [-0.2, 0) is 18.3 Å². The number of carbonyl (C=O) groups is 2. The third-order valence-electron chi connectivity index (χ3n) is 3.66. The fourth-order valence-corrected chi connectivity index (χ4v) is 4.53. The lowest BCUT2D eigenvalue weighted by Crippen LogP contribution is -2.24. The highest BCUT2D eigenvalue weighted by atomic mass is 32.2. The fraction of sp³-hybridized carbons (Fsp3) is 0.250. The fourth-order valence-electron chi connectivity index (χ4n) is 2.20. The summed E-state index contributed by atoms with van der Waals surface area (Å²) in [5.41, 5.74) is 5.62. The molecular formula is C16H17N5O2S3. The summed E-state index contributed by atoms with van der Waals surface area (Å²) in [5, 5.41) is 15.6. The minimum atomic E-state index is -0.562. The Morgan fingerprint density at radius 3 is 2.81 bits per heavy atom. The molecule has 0 spiro atoms. The molecule has 3 rings (SSSR count). The molecule has 0 radical (unpaired) electrons. The average Bonchev–Trinajstić information content (AvgIpc) is 3.33. The first-order chi connectivity index (χ1) is 12.5. The molecule has 0 aliphatic carbocycles. The molecule has 0 aliphatic heterocycles. The van der Waals surface area contributed by atoms with Gasteiger partial charge >= 0.3 is 0 Å². The highest BCUT2D eigenvalue weighted by Gasteiger charge is 2.21. The number of anilines is 1. The Balaban J connectivity index is 1.65. The molecule has 1 atom stereocenters. The van der Waals surface area contributed by atoms with Gasteiger partial charge in [0, 0.05) is 18.3 Å². The maximum Gasteiger partial charge on any atom is 0.251 e. The summed E-state index contributed by atoms with van der Waals surface area (Å²) in [7, 11) is 1.89. The van der Waals surface area contributed by atoms with Crippen LogP contribution in [0.3, 0.4) is 0 Å². The predicted molar refractivity (Wildman–Crippen MR) is 105 cm³/mol. The SMILES string of the molecule is C[C@H](Sc1nnc(Cc2cccs2)n1C)C(=O)Nc1sccc1C(N)=O. The molecule has 2 amide bonds. The van der Waals surface area contributed by atoms with Crippen LogP contribution in [0.4, 0.5) is 5.00 Å². The third kappa shape index (κ3) is 4.14. The van der Waals surface area contributed by atoms with E-state index >= 15 is 0 Å². The van der Waals surface area contributed by atoms with Crippen molar-refractivity contribution in [2.45, 2.75) is 23.8 Å². The van der Waals surface area contributed by atoms with E-state index < -0.39 is 11.2 Å². The van der Waals surface area contributed by atoms with E-state index in [1.165, 1.54) is 28.0 Å². The van der Waals surface area contributed by atoms with Crippen LogP contribution in [0.1, 0.15) is 28.0 Å². The van der Waals surface area contributed by atoms with Gasteiger partial charge in [-0.05, 0) is 29.8 Å². The molecule has 0 saturated carbocycles. The monoisotopic (exact) mass is 407 g/mol. The highest BCUT2D eigenvalue weighted by molar-refractivity contribution is 8.00. The van der Waals surface area contributed by atoms with E-state index in [1.807, 2.05) is 23.1 Å². The lowest BCUT2D eigenvalue weighted by Gasteiger charge is -2.11. The molecule has 0 unspecified atom stereocenters. The second-order valence-electron chi connectivity index (χ2n) is 5.49. The molecule has 26 heavy (non-hydrogen) atoms. The third-order valence-corrected chi connectivity index (χ3v) is 6.50. The van der Waals surface area contributed by atoms with Gasteiger partial charge < -0.3 is 15.6 Å². The van der Waals surface area contributed by atoms with Crippen molar-refractivity contribution in [1.29, 1.82) is 0 Å². The van der Waals surface area contributed by atoms with E-state index in [4.69, 9.17) is 5.73 Å². The van der Waals surface area contributed by atoms with Crippen molar-refractivity contribution in [1.82, 2.24) is 14.8 Å². The molecule has 10 heteroatoms. The predicted octanol–water partition coefficient (Wildman–Crippen LogP) is 2.75. The first kappa shape index (κ1) is 18.6. The van der Waals surface area contributed by atoms with Crippen molar-refractivity contribution >= 4 is 51.3 Å². The van der Waals surface area contributed by atoms with Crippen LogP contribution in [0.15, 0.2) is 34.1 Å². The van der Waals surface area contributed by atoms with Gasteiger partial charge in [0.25, 0.3) is 5.91 Å². The summed E-state index contributed by atoms with van der Waals surface area (Å²) in [5.74, 6) is 0.0629. The minimum absolute atomic E-state index is 0.220. The van der Waals surface area contributed by atoms with E-state index in [1.54, 1.807) is 29.7 Å². The van der Waals surface area contributed by atoms with E-state index in [-0.39, 0.29) is 5.91 Å². The summed E-state index contributed by atoms with van der Waals surface area (Å²) in [6.07, 6.45) is 0.708. The zero-order valence-corrected chi connectivity index (χ0v) is 16.6. The lowest BCUT2D eigenvalue weighted by molar-refractivity contribution is -0.115. The van der Waals surface area contributed by atoms with Gasteiger partial charge in [0.1, 0.15) is 10.8 Å². The van der Waals surface area contributed by atoms with Crippen LogP contribution in [0, 0.1) is 0 Å². The van der Waals surface area contributed by atoms with Crippen LogP contribution < -0.4 is 11.1 Å². The van der Waals surface area contributed by atoms with E-state index in [9.17, 15) is 9.59 Å². The standard InChI is InChI=1S/C16H17N5O2S3/c1-9(14(23)18-15-11(13(17)22)5-7-25-15)26-16-20-19-12(21(16)2)8-10-4-3-6-24-10/h3-7,9H,8H2,1-2H3,(H2,17,22)(H,18,23)/t9-/m0/s1. The summed E-state index contributed by atoms with van der Waals surface area (Å²) < 4.78 is 1.90. The number of aromatic nitrogens is 3. The van der Waals surface area contributed by atoms with Crippen LogP contribution in [0.25, 0.3) is 0 Å². The summed E-state index contributed by atoms with van der Waals surface area (Å²) in [6, 6.07) is 5.66. The number of thiophene rings is 2. The molecule has 3 aromatic heterocycles. The topological polar surface area (TPSA) is 103 Å². The van der Waals surface area contributed by atoms with E-state index in [0.29, 0.717) is 22.1 Å². The molecule has 0 aromatic carbocycles. The number of thioether (sulfide) groups is 1. The molecule has 3 heterocycles. The maximum atomic E-state index is 12.4. The van der Waals surface area contributed by atoms with Gasteiger partial charge in [0.15, 0.2) is 5.16 Å². The normalized spacial score (nSPS) is 12.1. The van der Waals surface area contributed by atoms with Gasteiger partial charge in [0.05, 0.1) is 10.8 Å². The molecule has 136 valence electrons. The Labute approximate surface area is 162 Å². The summed E-state index contributed by atoms with van der Waals surface area (Å²) in [6.45, 7) is 1.78. The van der Waals surface area contributed by atoms with Crippen LogP contribution in [0.2, 0.25) is 0 Å². The van der Waals surface area contributed by atoms with Gasteiger partial charge in [-0.3, -0.25) is 9.59 Å². The second-order valence-corrected chi connectivity index (χ2v) is 8.75. The second kappa shape index (κ2) is 8.02.